The average molecular weight is 247 g/mol. The maximum atomic E-state index is 5.61. The second kappa shape index (κ2) is 5.40. The van der Waals surface area contributed by atoms with E-state index in [4.69, 9.17) is 4.42 Å². The van der Waals surface area contributed by atoms with Crippen LogP contribution in [0.5, 0.6) is 0 Å². The van der Waals surface area contributed by atoms with E-state index >= 15 is 0 Å². The van der Waals surface area contributed by atoms with Gasteiger partial charge in [-0.05, 0) is 45.9 Å². The van der Waals surface area contributed by atoms with E-state index in [1.807, 2.05) is 30.7 Å². The molecule has 0 aromatic carbocycles. The average Bonchev–Trinajstić information content (AvgIpc) is 2.92. The van der Waals surface area contributed by atoms with Gasteiger partial charge >= 0.3 is 0 Å². The molecule has 1 unspecified atom stereocenters. The van der Waals surface area contributed by atoms with Gasteiger partial charge in [-0.25, -0.2) is 0 Å². The molecule has 2 rings (SSSR count). The molecule has 98 valence electrons. The number of hydrogen-bond acceptors (Lipinski definition) is 3. The fraction of sp³-hybridized carbons (Fsp3) is 0.500. The van der Waals surface area contributed by atoms with E-state index in [2.05, 4.69) is 30.3 Å². The monoisotopic (exact) mass is 247 g/mol. The molecule has 1 atom stereocenters. The zero-order valence-corrected chi connectivity index (χ0v) is 11.5. The quantitative estimate of drug-likeness (QED) is 0.883. The first-order valence-electron chi connectivity index (χ1n) is 6.43. The highest BCUT2D eigenvalue weighted by Gasteiger charge is 2.10. The summed E-state index contributed by atoms with van der Waals surface area (Å²) < 4.78 is 7.64. The number of aromatic nitrogens is 2. The smallest absolute Gasteiger partial charge is 0.120 e. The van der Waals surface area contributed by atoms with Crippen LogP contribution in [0.25, 0.3) is 0 Å². The van der Waals surface area contributed by atoms with Gasteiger partial charge in [-0.1, -0.05) is 0 Å². The van der Waals surface area contributed by atoms with E-state index in [9.17, 15) is 0 Å². The van der Waals surface area contributed by atoms with Gasteiger partial charge in [0.2, 0.25) is 0 Å². The van der Waals surface area contributed by atoms with Gasteiger partial charge in [0.05, 0.1) is 17.4 Å². The van der Waals surface area contributed by atoms with E-state index in [1.165, 1.54) is 5.69 Å². The van der Waals surface area contributed by atoms with Crippen molar-refractivity contribution in [1.82, 2.24) is 15.1 Å². The molecule has 2 aromatic rings. The summed E-state index contributed by atoms with van der Waals surface area (Å²) in [6.07, 6.45) is 0. The summed E-state index contributed by atoms with van der Waals surface area (Å²) >= 11 is 0. The molecule has 0 saturated carbocycles. The third-order valence-electron chi connectivity index (χ3n) is 3.06. The zero-order valence-electron chi connectivity index (χ0n) is 11.5. The van der Waals surface area contributed by atoms with Gasteiger partial charge in [0.15, 0.2) is 0 Å². The molecule has 2 heterocycles. The van der Waals surface area contributed by atoms with Crippen LogP contribution in [0, 0.1) is 13.8 Å². The van der Waals surface area contributed by atoms with E-state index < -0.39 is 0 Å². The normalized spacial score (nSPS) is 12.9. The molecular weight excluding hydrogens is 226 g/mol. The Bertz CT molecular complexity index is 513. The van der Waals surface area contributed by atoms with Crippen LogP contribution < -0.4 is 5.32 Å². The highest BCUT2D eigenvalue weighted by molar-refractivity contribution is 5.11. The fourth-order valence-electron chi connectivity index (χ4n) is 2.06. The molecule has 0 radical (unpaired) electrons. The Balaban J connectivity index is 1.98. The first-order chi connectivity index (χ1) is 8.60. The third-order valence-corrected chi connectivity index (χ3v) is 3.06. The van der Waals surface area contributed by atoms with Crippen molar-refractivity contribution in [1.29, 1.82) is 0 Å². The predicted molar refractivity (Wildman–Crippen MR) is 71.3 cm³/mol. The van der Waals surface area contributed by atoms with Crippen molar-refractivity contribution in [3.63, 3.8) is 0 Å². The van der Waals surface area contributed by atoms with Crippen LogP contribution in [0.2, 0.25) is 0 Å². The lowest BCUT2D eigenvalue weighted by molar-refractivity contribution is 0.411. The van der Waals surface area contributed by atoms with Crippen LogP contribution in [0.3, 0.4) is 0 Å². The van der Waals surface area contributed by atoms with Gasteiger partial charge in [-0.15, -0.1) is 0 Å². The minimum atomic E-state index is 0.208. The van der Waals surface area contributed by atoms with Crippen molar-refractivity contribution in [3.8, 4) is 0 Å². The minimum Gasteiger partial charge on any atom is -0.465 e. The van der Waals surface area contributed by atoms with Crippen LogP contribution in [-0.4, -0.2) is 9.78 Å². The first-order valence-corrected chi connectivity index (χ1v) is 6.43. The molecule has 2 aromatic heterocycles. The molecular formula is C14H21N3O. The summed E-state index contributed by atoms with van der Waals surface area (Å²) in [6.45, 7) is 9.91. The van der Waals surface area contributed by atoms with Gasteiger partial charge in [0.25, 0.3) is 0 Å². The maximum Gasteiger partial charge on any atom is 0.120 e. The highest BCUT2D eigenvalue weighted by atomic mass is 16.3. The largest absolute Gasteiger partial charge is 0.465 e. The summed E-state index contributed by atoms with van der Waals surface area (Å²) in [5.41, 5.74) is 2.28. The lowest BCUT2D eigenvalue weighted by Gasteiger charge is -2.12. The Labute approximate surface area is 108 Å². The number of rotatable bonds is 5. The summed E-state index contributed by atoms with van der Waals surface area (Å²) in [5, 5.41) is 7.90. The lowest BCUT2D eigenvalue weighted by atomic mass is 10.2. The van der Waals surface area contributed by atoms with Crippen LogP contribution in [0.1, 0.15) is 42.8 Å². The summed E-state index contributed by atoms with van der Waals surface area (Å²) in [6, 6.07) is 6.35. The number of aryl methyl sites for hydroxylation is 3. The molecule has 0 saturated heterocycles. The second-order valence-corrected chi connectivity index (χ2v) is 4.64. The van der Waals surface area contributed by atoms with Crippen LogP contribution in [0.15, 0.2) is 22.6 Å². The molecule has 0 aliphatic carbocycles. The fourth-order valence-corrected chi connectivity index (χ4v) is 2.06. The molecule has 18 heavy (non-hydrogen) atoms. The second-order valence-electron chi connectivity index (χ2n) is 4.64. The SMILES string of the molecule is CCn1nc(C)cc1CNC(C)c1ccc(C)o1. The van der Waals surface area contributed by atoms with Crippen molar-refractivity contribution >= 4 is 0 Å². The molecule has 1 N–H and O–H groups in total. The molecule has 0 bridgehead atoms. The van der Waals surface area contributed by atoms with E-state index in [-0.39, 0.29) is 6.04 Å². The standard InChI is InChI=1S/C14H21N3O/c1-5-17-13(8-10(2)16-17)9-15-12(4)14-7-6-11(3)18-14/h6-8,12,15H,5,9H2,1-4H3. The molecule has 4 heteroatoms. The third kappa shape index (κ3) is 2.82. The minimum absolute atomic E-state index is 0.208. The van der Waals surface area contributed by atoms with Gasteiger partial charge in [-0.2, -0.15) is 5.10 Å². The summed E-state index contributed by atoms with van der Waals surface area (Å²) in [7, 11) is 0. The molecule has 0 aliphatic rings. The lowest BCUT2D eigenvalue weighted by Crippen LogP contribution is -2.19. The van der Waals surface area contributed by atoms with Gasteiger partial charge in [0.1, 0.15) is 11.5 Å². The van der Waals surface area contributed by atoms with E-state index in [0.29, 0.717) is 0 Å². The van der Waals surface area contributed by atoms with Crippen molar-refractivity contribution in [3.05, 3.63) is 41.1 Å². The molecule has 4 nitrogen and oxygen atoms in total. The molecule has 0 aliphatic heterocycles. The molecule has 0 amide bonds. The number of hydrogen-bond donors (Lipinski definition) is 1. The Morgan fingerprint density at radius 2 is 2.17 bits per heavy atom. The number of nitrogens with one attached hydrogen (secondary N) is 1. The van der Waals surface area contributed by atoms with Gasteiger partial charge in [0, 0.05) is 13.1 Å². The highest BCUT2D eigenvalue weighted by Crippen LogP contribution is 2.16. The molecule has 0 fully saturated rings. The number of furan rings is 1. The van der Waals surface area contributed by atoms with Gasteiger partial charge in [-0.3, -0.25) is 4.68 Å². The first kappa shape index (κ1) is 12.9. The summed E-state index contributed by atoms with van der Waals surface area (Å²) in [4.78, 5) is 0. The topological polar surface area (TPSA) is 43.0 Å². The Morgan fingerprint density at radius 1 is 1.39 bits per heavy atom. The van der Waals surface area contributed by atoms with Crippen LogP contribution in [0.4, 0.5) is 0 Å². The number of nitrogens with zero attached hydrogens (tertiary/aromatic N) is 2. The van der Waals surface area contributed by atoms with E-state index in [0.717, 1.165) is 30.3 Å². The van der Waals surface area contributed by atoms with E-state index in [1.54, 1.807) is 0 Å². The maximum absolute atomic E-state index is 5.61. The zero-order chi connectivity index (χ0) is 13.1. The van der Waals surface area contributed by atoms with Crippen LogP contribution in [-0.2, 0) is 13.1 Å². The Morgan fingerprint density at radius 3 is 2.78 bits per heavy atom. The van der Waals surface area contributed by atoms with Crippen molar-refractivity contribution in [2.45, 2.75) is 46.8 Å². The summed E-state index contributed by atoms with van der Waals surface area (Å²) in [5.74, 6) is 1.93. The van der Waals surface area contributed by atoms with Crippen molar-refractivity contribution in [2.24, 2.45) is 0 Å². The Kier molecular flexibility index (Phi) is 3.87. The molecule has 0 spiro atoms. The predicted octanol–water partition coefficient (Wildman–Crippen LogP) is 2.96. The Hall–Kier alpha value is -1.55. The van der Waals surface area contributed by atoms with Crippen molar-refractivity contribution < 1.29 is 4.42 Å². The van der Waals surface area contributed by atoms with Crippen LogP contribution >= 0.6 is 0 Å². The van der Waals surface area contributed by atoms with Crippen molar-refractivity contribution in [2.75, 3.05) is 0 Å². The van der Waals surface area contributed by atoms with Gasteiger partial charge < -0.3 is 9.73 Å².